The molecule has 2 fully saturated rings. The van der Waals surface area contributed by atoms with Gasteiger partial charge in [0.15, 0.2) is 6.10 Å². The fourth-order valence-electron chi connectivity index (χ4n) is 1.76. The maximum Gasteiger partial charge on any atom is 0.338 e. The van der Waals surface area contributed by atoms with Crippen LogP contribution in [0, 0.1) is 0 Å². The van der Waals surface area contributed by atoms with Crippen LogP contribution in [0.2, 0.25) is 0 Å². The molecule has 2 rings (SSSR count). The van der Waals surface area contributed by atoms with Crippen LogP contribution >= 0.6 is 0 Å². The minimum atomic E-state index is -0.325. The van der Waals surface area contributed by atoms with Crippen LogP contribution in [0.15, 0.2) is 0 Å². The van der Waals surface area contributed by atoms with Crippen molar-refractivity contribution >= 4 is 5.97 Å². The molecule has 2 aliphatic rings. The van der Waals surface area contributed by atoms with Gasteiger partial charge >= 0.3 is 5.97 Å². The van der Waals surface area contributed by atoms with E-state index in [2.05, 4.69) is 4.74 Å². The minimum Gasteiger partial charge on any atom is -0.467 e. The molecule has 1 unspecified atom stereocenters. The van der Waals surface area contributed by atoms with Crippen LogP contribution in [0.3, 0.4) is 0 Å². The number of hydrogen-bond donors (Lipinski definition) is 0. The maximum atomic E-state index is 11.0. The highest BCUT2D eigenvalue weighted by Gasteiger charge is 2.68. The van der Waals surface area contributed by atoms with Crippen molar-refractivity contribution in [3.8, 4) is 0 Å². The molecule has 1 saturated heterocycles. The van der Waals surface area contributed by atoms with Crippen molar-refractivity contribution in [2.75, 3.05) is 14.2 Å². The van der Waals surface area contributed by atoms with Crippen molar-refractivity contribution in [3.05, 3.63) is 0 Å². The quantitative estimate of drug-likeness (QED) is 0.438. The third-order valence-electron chi connectivity index (χ3n) is 2.67. The van der Waals surface area contributed by atoms with Crippen molar-refractivity contribution < 1.29 is 19.0 Å². The highest BCUT2D eigenvalue weighted by molar-refractivity contribution is 5.79. The number of hydrogen-bond acceptors (Lipinski definition) is 4. The number of methoxy groups -OCH3 is 2. The van der Waals surface area contributed by atoms with Gasteiger partial charge < -0.3 is 14.2 Å². The first kappa shape index (κ1) is 8.01. The van der Waals surface area contributed by atoms with Crippen LogP contribution in [0.25, 0.3) is 0 Å². The van der Waals surface area contributed by atoms with E-state index in [1.165, 1.54) is 7.11 Å². The normalized spacial score (nSPS) is 43.8. The van der Waals surface area contributed by atoms with Gasteiger partial charge in [-0.15, -0.1) is 0 Å². The first-order valence-electron chi connectivity index (χ1n) is 4.00. The van der Waals surface area contributed by atoms with Gasteiger partial charge in [-0.3, -0.25) is 0 Å². The molecule has 1 spiro atoms. The molecule has 0 aromatic rings. The van der Waals surface area contributed by atoms with Gasteiger partial charge in [-0.25, -0.2) is 4.79 Å². The Labute approximate surface area is 70.8 Å². The van der Waals surface area contributed by atoms with E-state index in [0.717, 1.165) is 12.8 Å². The molecule has 0 amide bonds. The summed E-state index contributed by atoms with van der Waals surface area (Å²) >= 11 is 0. The van der Waals surface area contributed by atoms with Crippen molar-refractivity contribution in [2.24, 2.45) is 0 Å². The third-order valence-corrected chi connectivity index (χ3v) is 2.67. The Kier molecular flexibility index (Phi) is 1.63. The van der Waals surface area contributed by atoms with Gasteiger partial charge in [-0.1, -0.05) is 0 Å². The second-order valence-electron chi connectivity index (χ2n) is 3.35. The molecule has 0 bridgehead atoms. The van der Waals surface area contributed by atoms with E-state index in [1.807, 2.05) is 0 Å². The molecular weight excluding hydrogens is 160 g/mol. The zero-order valence-corrected chi connectivity index (χ0v) is 7.20. The molecule has 4 heteroatoms. The smallest absolute Gasteiger partial charge is 0.338 e. The van der Waals surface area contributed by atoms with Crippen LogP contribution in [0.1, 0.15) is 12.8 Å². The molecule has 1 aliphatic heterocycles. The highest BCUT2D eigenvalue weighted by Crippen LogP contribution is 2.53. The van der Waals surface area contributed by atoms with Gasteiger partial charge in [-0.05, 0) is 0 Å². The minimum absolute atomic E-state index is 0.215. The number of rotatable bonds is 2. The molecular formula is C8H12O4. The van der Waals surface area contributed by atoms with Crippen molar-refractivity contribution in [2.45, 2.75) is 30.7 Å². The van der Waals surface area contributed by atoms with E-state index in [0.29, 0.717) is 0 Å². The summed E-state index contributed by atoms with van der Waals surface area (Å²) in [6, 6.07) is 0. The molecule has 68 valence electrons. The summed E-state index contributed by atoms with van der Waals surface area (Å²) in [7, 11) is 3.05. The van der Waals surface area contributed by atoms with Gasteiger partial charge in [-0.2, -0.15) is 0 Å². The number of esters is 1. The summed E-state index contributed by atoms with van der Waals surface area (Å²) < 4.78 is 14.9. The summed E-state index contributed by atoms with van der Waals surface area (Å²) in [5.74, 6) is -0.260. The number of carbonyl (C=O) groups is 1. The maximum absolute atomic E-state index is 11.0. The summed E-state index contributed by atoms with van der Waals surface area (Å²) in [6.45, 7) is 0. The van der Waals surface area contributed by atoms with Gasteiger partial charge in [0.2, 0.25) is 0 Å². The predicted octanol–water partition coefficient (Wildman–Crippen LogP) is 0.106. The molecule has 1 saturated carbocycles. The van der Waals surface area contributed by atoms with Crippen molar-refractivity contribution in [3.63, 3.8) is 0 Å². The molecule has 0 radical (unpaired) electrons. The molecule has 12 heavy (non-hydrogen) atoms. The predicted molar refractivity (Wildman–Crippen MR) is 39.7 cm³/mol. The monoisotopic (exact) mass is 172 g/mol. The van der Waals surface area contributed by atoms with Crippen LogP contribution in [0.4, 0.5) is 0 Å². The molecule has 0 N–H and O–H groups in total. The van der Waals surface area contributed by atoms with E-state index >= 15 is 0 Å². The van der Waals surface area contributed by atoms with Gasteiger partial charge in [0.25, 0.3) is 0 Å². The average Bonchev–Trinajstić information content (AvgIpc) is 2.75. The average molecular weight is 172 g/mol. The van der Waals surface area contributed by atoms with Crippen LogP contribution in [0.5, 0.6) is 0 Å². The lowest BCUT2D eigenvalue weighted by Crippen LogP contribution is -2.41. The Morgan fingerprint density at radius 3 is 2.67 bits per heavy atom. The highest BCUT2D eigenvalue weighted by atomic mass is 16.7. The molecule has 4 nitrogen and oxygen atoms in total. The first-order valence-corrected chi connectivity index (χ1v) is 4.00. The SMILES string of the molecule is COC(=O)C1OC12CC(OC)C2. The third kappa shape index (κ3) is 0.949. The zero-order chi connectivity index (χ0) is 8.77. The van der Waals surface area contributed by atoms with E-state index < -0.39 is 0 Å². The van der Waals surface area contributed by atoms with Crippen LogP contribution in [-0.2, 0) is 19.0 Å². The van der Waals surface area contributed by atoms with Crippen molar-refractivity contribution in [1.82, 2.24) is 0 Å². The van der Waals surface area contributed by atoms with E-state index in [-0.39, 0.29) is 23.8 Å². The second kappa shape index (κ2) is 2.44. The molecule has 0 aromatic heterocycles. The van der Waals surface area contributed by atoms with E-state index in [1.54, 1.807) is 7.11 Å². The topological polar surface area (TPSA) is 48.1 Å². The first-order chi connectivity index (χ1) is 5.72. The number of epoxide rings is 1. The summed E-state index contributed by atoms with van der Waals surface area (Å²) in [5, 5.41) is 0. The van der Waals surface area contributed by atoms with Gasteiger partial charge in [0.05, 0.1) is 13.2 Å². The Balaban J connectivity index is 1.85. The Morgan fingerprint density at radius 2 is 2.17 bits per heavy atom. The zero-order valence-electron chi connectivity index (χ0n) is 7.20. The molecule has 1 heterocycles. The number of ether oxygens (including phenoxy) is 3. The largest absolute Gasteiger partial charge is 0.467 e. The van der Waals surface area contributed by atoms with Gasteiger partial charge in [0.1, 0.15) is 5.60 Å². The van der Waals surface area contributed by atoms with Crippen molar-refractivity contribution in [1.29, 1.82) is 0 Å². The van der Waals surface area contributed by atoms with Gasteiger partial charge in [0, 0.05) is 20.0 Å². The lowest BCUT2D eigenvalue weighted by Gasteiger charge is -2.31. The summed E-state index contributed by atoms with van der Waals surface area (Å²) in [4.78, 5) is 11.0. The lowest BCUT2D eigenvalue weighted by atomic mass is 9.79. The molecule has 1 aliphatic carbocycles. The molecule has 0 aromatic carbocycles. The Bertz CT molecular complexity index is 207. The second-order valence-corrected chi connectivity index (χ2v) is 3.35. The molecule has 1 atom stereocenters. The lowest BCUT2D eigenvalue weighted by molar-refractivity contribution is -0.142. The Morgan fingerprint density at radius 1 is 1.50 bits per heavy atom. The van der Waals surface area contributed by atoms with E-state index in [9.17, 15) is 4.79 Å². The summed E-state index contributed by atoms with van der Waals surface area (Å²) in [6.07, 6.45) is 1.58. The standard InChI is InChI=1S/C8H12O4/c1-10-5-3-8(4-5)6(12-8)7(9)11-2/h5-6H,3-4H2,1-2H3. The fraction of sp³-hybridized carbons (Fsp3) is 0.875. The van der Waals surface area contributed by atoms with Crippen LogP contribution in [-0.4, -0.2) is 38.0 Å². The summed E-state index contributed by atoms with van der Waals surface area (Å²) in [5.41, 5.74) is -0.215. The number of carbonyl (C=O) groups excluding carboxylic acids is 1. The Hall–Kier alpha value is -0.610. The van der Waals surface area contributed by atoms with E-state index in [4.69, 9.17) is 9.47 Å². The fourth-order valence-corrected chi connectivity index (χ4v) is 1.76. The van der Waals surface area contributed by atoms with Crippen LogP contribution < -0.4 is 0 Å².